The number of hydrogen-bond donors (Lipinski definition) is 1. The van der Waals surface area contributed by atoms with Gasteiger partial charge < -0.3 is 5.11 Å². The van der Waals surface area contributed by atoms with E-state index < -0.39 is 0 Å². The van der Waals surface area contributed by atoms with E-state index in [0.717, 1.165) is 25.2 Å². The molecule has 0 saturated carbocycles. The van der Waals surface area contributed by atoms with Crippen LogP contribution in [0.2, 0.25) is 0 Å². The molecule has 0 amide bonds. The summed E-state index contributed by atoms with van der Waals surface area (Å²) in [5.41, 5.74) is 2.85. The minimum Gasteiger partial charge on any atom is -0.396 e. The van der Waals surface area contributed by atoms with Gasteiger partial charge in [-0.25, -0.2) is 0 Å². The number of hydrogen-bond acceptors (Lipinski definition) is 1. The molecule has 0 fully saturated rings. The average molecular weight is 274 g/mol. The van der Waals surface area contributed by atoms with Crippen LogP contribution in [0.1, 0.15) is 64.4 Å². The minimum absolute atomic E-state index is 0.273. The average Bonchev–Trinajstić information content (AvgIpc) is 2.49. The number of allylic oxidation sites excluding steroid dienone is 2. The van der Waals surface area contributed by atoms with Crippen LogP contribution in [0.4, 0.5) is 0 Å². The lowest BCUT2D eigenvalue weighted by atomic mass is 9.89. The van der Waals surface area contributed by atoms with Gasteiger partial charge in [0.05, 0.1) is 0 Å². The molecule has 1 N–H and O–H groups in total. The normalized spacial score (nSPS) is 15.1. The Hall–Kier alpha value is -1.08. The van der Waals surface area contributed by atoms with E-state index in [4.69, 9.17) is 0 Å². The van der Waals surface area contributed by atoms with E-state index in [9.17, 15) is 5.11 Å². The Morgan fingerprint density at radius 1 is 1.20 bits per heavy atom. The predicted molar refractivity (Wildman–Crippen MR) is 87.9 cm³/mol. The second-order valence-corrected chi connectivity index (χ2v) is 5.96. The summed E-state index contributed by atoms with van der Waals surface area (Å²) >= 11 is 0. The van der Waals surface area contributed by atoms with Crippen molar-refractivity contribution < 1.29 is 5.11 Å². The van der Waals surface area contributed by atoms with Crippen LogP contribution in [-0.4, -0.2) is 11.7 Å². The Balaban J connectivity index is 2.51. The number of rotatable bonds is 9. The Bertz CT molecular complexity index is 380. The first-order chi connectivity index (χ1) is 9.67. The lowest BCUT2D eigenvalue weighted by Crippen LogP contribution is -2.02. The van der Waals surface area contributed by atoms with E-state index >= 15 is 0 Å². The van der Waals surface area contributed by atoms with Crippen molar-refractivity contribution >= 4 is 0 Å². The standard InChI is InChI=1S/C19H30O/c1-4-16(2)10-11-17(3)12-13-19(14-15-20)18-8-6-5-7-9-18/h5-9,11,16,19-20H,4,10,12-15H2,1-3H3/b17-11+. The van der Waals surface area contributed by atoms with Gasteiger partial charge in [0.2, 0.25) is 0 Å². The van der Waals surface area contributed by atoms with Crippen LogP contribution in [-0.2, 0) is 0 Å². The third-order valence-corrected chi connectivity index (χ3v) is 4.20. The van der Waals surface area contributed by atoms with E-state index in [0.29, 0.717) is 5.92 Å². The van der Waals surface area contributed by atoms with Crippen LogP contribution < -0.4 is 0 Å². The maximum Gasteiger partial charge on any atom is 0.0436 e. The quantitative estimate of drug-likeness (QED) is 0.605. The lowest BCUT2D eigenvalue weighted by molar-refractivity contribution is 0.272. The van der Waals surface area contributed by atoms with E-state index in [-0.39, 0.29) is 6.61 Å². The molecule has 0 spiro atoms. The van der Waals surface area contributed by atoms with Gasteiger partial charge in [-0.05, 0) is 50.0 Å². The number of aliphatic hydroxyl groups is 1. The van der Waals surface area contributed by atoms with E-state index in [1.165, 1.54) is 24.0 Å². The molecule has 1 aromatic rings. The van der Waals surface area contributed by atoms with Crippen LogP contribution in [0.25, 0.3) is 0 Å². The van der Waals surface area contributed by atoms with Gasteiger partial charge in [-0.3, -0.25) is 0 Å². The molecule has 0 aliphatic rings. The number of benzene rings is 1. The summed E-state index contributed by atoms with van der Waals surface area (Å²) in [5.74, 6) is 1.26. The fourth-order valence-corrected chi connectivity index (χ4v) is 2.43. The molecule has 1 rings (SSSR count). The third-order valence-electron chi connectivity index (χ3n) is 4.20. The summed E-state index contributed by atoms with van der Waals surface area (Å²) in [6, 6.07) is 10.6. The summed E-state index contributed by atoms with van der Waals surface area (Å²) in [6.07, 6.45) is 7.97. The first kappa shape index (κ1) is 17.0. The van der Waals surface area contributed by atoms with Crippen molar-refractivity contribution in [3.8, 4) is 0 Å². The van der Waals surface area contributed by atoms with Gasteiger partial charge in [0.25, 0.3) is 0 Å². The van der Waals surface area contributed by atoms with Crippen LogP contribution in [0.5, 0.6) is 0 Å². The topological polar surface area (TPSA) is 20.2 Å². The molecule has 0 saturated heterocycles. The highest BCUT2D eigenvalue weighted by Gasteiger charge is 2.10. The minimum atomic E-state index is 0.273. The van der Waals surface area contributed by atoms with Crippen LogP contribution in [0.3, 0.4) is 0 Å². The molecule has 1 nitrogen and oxygen atoms in total. The van der Waals surface area contributed by atoms with E-state index in [1.807, 2.05) is 0 Å². The van der Waals surface area contributed by atoms with Gasteiger partial charge in [0.15, 0.2) is 0 Å². The van der Waals surface area contributed by atoms with Crippen molar-refractivity contribution in [1.82, 2.24) is 0 Å². The van der Waals surface area contributed by atoms with Gasteiger partial charge in [0.1, 0.15) is 0 Å². The lowest BCUT2D eigenvalue weighted by Gasteiger charge is -2.16. The Labute approximate surface area is 124 Å². The fraction of sp³-hybridized carbons (Fsp3) is 0.579. The fourth-order valence-electron chi connectivity index (χ4n) is 2.43. The van der Waals surface area contributed by atoms with Gasteiger partial charge in [0, 0.05) is 6.61 Å². The molecular formula is C19H30O. The zero-order chi connectivity index (χ0) is 14.8. The molecular weight excluding hydrogens is 244 g/mol. The second kappa shape index (κ2) is 9.77. The van der Waals surface area contributed by atoms with Crippen molar-refractivity contribution in [3.05, 3.63) is 47.5 Å². The molecule has 112 valence electrons. The molecule has 0 aliphatic carbocycles. The zero-order valence-electron chi connectivity index (χ0n) is 13.3. The van der Waals surface area contributed by atoms with Gasteiger partial charge in [-0.1, -0.05) is 62.2 Å². The molecule has 2 unspecified atom stereocenters. The van der Waals surface area contributed by atoms with Crippen molar-refractivity contribution in [2.75, 3.05) is 6.61 Å². The summed E-state index contributed by atoms with van der Waals surface area (Å²) < 4.78 is 0. The molecule has 0 heterocycles. The predicted octanol–water partition coefficient (Wildman–Crippen LogP) is 5.32. The highest BCUT2D eigenvalue weighted by atomic mass is 16.3. The molecule has 2 atom stereocenters. The summed E-state index contributed by atoms with van der Waals surface area (Å²) in [6.45, 7) is 7.07. The SMILES string of the molecule is CCC(C)C/C=C(\C)CCC(CCO)c1ccccc1. The third kappa shape index (κ3) is 6.38. The summed E-state index contributed by atoms with van der Waals surface area (Å²) in [7, 11) is 0. The Morgan fingerprint density at radius 3 is 2.50 bits per heavy atom. The van der Waals surface area contributed by atoms with Crippen LogP contribution in [0, 0.1) is 5.92 Å². The second-order valence-electron chi connectivity index (χ2n) is 5.96. The van der Waals surface area contributed by atoms with Gasteiger partial charge in [-0.2, -0.15) is 0 Å². The van der Waals surface area contributed by atoms with E-state index in [2.05, 4.69) is 57.2 Å². The Kier molecular flexibility index (Phi) is 8.29. The van der Waals surface area contributed by atoms with Crippen LogP contribution in [0.15, 0.2) is 42.0 Å². The zero-order valence-corrected chi connectivity index (χ0v) is 13.3. The number of aliphatic hydroxyl groups excluding tert-OH is 1. The molecule has 0 aliphatic heterocycles. The summed E-state index contributed by atoms with van der Waals surface area (Å²) in [4.78, 5) is 0. The maximum absolute atomic E-state index is 9.26. The maximum atomic E-state index is 9.26. The van der Waals surface area contributed by atoms with Crippen molar-refractivity contribution in [3.63, 3.8) is 0 Å². The molecule has 0 aromatic heterocycles. The van der Waals surface area contributed by atoms with Crippen LogP contribution >= 0.6 is 0 Å². The van der Waals surface area contributed by atoms with E-state index in [1.54, 1.807) is 0 Å². The first-order valence-corrected chi connectivity index (χ1v) is 7.98. The van der Waals surface area contributed by atoms with Gasteiger partial charge in [-0.15, -0.1) is 0 Å². The highest BCUT2D eigenvalue weighted by Crippen LogP contribution is 2.26. The van der Waals surface area contributed by atoms with Crippen molar-refractivity contribution in [1.29, 1.82) is 0 Å². The molecule has 0 radical (unpaired) electrons. The summed E-state index contributed by atoms with van der Waals surface area (Å²) in [5, 5.41) is 9.26. The van der Waals surface area contributed by atoms with Crippen molar-refractivity contribution in [2.45, 2.75) is 58.8 Å². The molecule has 1 heteroatoms. The van der Waals surface area contributed by atoms with Crippen molar-refractivity contribution in [2.24, 2.45) is 5.92 Å². The monoisotopic (exact) mass is 274 g/mol. The Morgan fingerprint density at radius 2 is 1.90 bits per heavy atom. The molecule has 0 bridgehead atoms. The molecule has 20 heavy (non-hydrogen) atoms. The first-order valence-electron chi connectivity index (χ1n) is 7.98. The highest BCUT2D eigenvalue weighted by molar-refractivity contribution is 5.19. The molecule has 1 aromatic carbocycles. The largest absolute Gasteiger partial charge is 0.396 e. The van der Waals surface area contributed by atoms with Gasteiger partial charge >= 0.3 is 0 Å². The smallest absolute Gasteiger partial charge is 0.0436 e.